The van der Waals surface area contributed by atoms with Gasteiger partial charge in [0.05, 0.1) is 39.9 Å². The quantitative estimate of drug-likeness (QED) is 0.0273. The summed E-state index contributed by atoms with van der Waals surface area (Å²) in [6.45, 7) is 4.49. The van der Waals surface area contributed by atoms with Crippen LogP contribution >= 0.6 is 7.82 Å². The van der Waals surface area contributed by atoms with Gasteiger partial charge in [-0.2, -0.15) is 0 Å². The van der Waals surface area contributed by atoms with Crippen LogP contribution in [-0.4, -0.2) is 68.5 Å². The minimum absolute atomic E-state index is 0.0132. The van der Waals surface area contributed by atoms with Crippen LogP contribution in [0.25, 0.3) is 0 Å². The van der Waals surface area contributed by atoms with Gasteiger partial charge in [-0.15, -0.1) is 0 Å². The minimum Gasteiger partial charge on any atom is -0.756 e. The average molecular weight is 899 g/mol. The topological polar surface area (TPSA) is 108 Å². The van der Waals surface area contributed by atoms with Crippen molar-refractivity contribution in [3.63, 3.8) is 0 Å². The Hall–Kier alpha value is -2.58. The Morgan fingerprint density at radius 3 is 1.41 bits per heavy atom. The van der Waals surface area contributed by atoms with Gasteiger partial charge in [0.15, 0.2) is 0 Å². The summed E-state index contributed by atoms with van der Waals surface area (Å²) in [6.07, 6.45) is 63.1. The summed E-state index contributed by atoms with van der Waals surface area (Å²) in [4.78, 5) is 25.4. The fourth-order valence-electron chi connectivity index (χ4n) is 6.60. The molecular weight excluding hydrogens is 804 g/mol. The number of likely N-dealkylation sites (N-methyl/N-ethyl adjacent to an activating group) is 1. The molecule has 1 amide bonds. The number of hydrogen-bond acceptors (Lipinski definition) is 6. The molecule has 0 radical (unpaired) electrons. The fourth-order valence-corrected chi connectivity index (χ4v) is 7.32. The molecule has 3 unspecified atom stereocenters. The van der Waals surface area contributed by atoms with Gasteiger partial charge in [-0.25, -0.2) is 0 Å². The molecule has 3 atom stereocenters. The molecule has 0 heterocycles. The molecule has 0 aromatic rings. The van der Waals surface area contributed by atoms with Gasteiger partial charge in [-0.1, -0.05) is 201 Å². The van der Waals surface area contributed by atoms with Crippen LogP contribution in [-0.2, 0) is 18.4 Å². The van der Waals surface area contributed by atoms with Gasteiger partial charge in [0, 0.05) is 6.42 Å². The predicted octanol–water partition coefficient (Wildman–Crippen LogP) is 14.1. The molecule has 0 aliphatic carbocycles. The van der Waals surface area contributed by atoms with E-state index in [2.05, 4.69) is 104 Å². The minimum atomic E-state index is -4.61. The lowest BCUT2D eigenvalue weighted by Crippen LogP contribution is -2.45. The molecule has 0 aromatic carbocycles. The van der Waals surface area contributed by atoms with Crippen molar-refractivity contribution >= 4 is 13.7 Å². The third-order valence-electron chi connectivity index (χ3n) is 10.5. The van der Waals surface area contributed by atoms with Crippen molar-refractivity contribution in [3.8, 4) is 0 Å². The van der Waals surface area contributed by atoms with E-state index in [1.54, 1.807) is 6.08 Å². The molecule has 0 bridgehead atoms. The zero-order valence-electron chi connectivity index (χ0n) is 41.0. The number of nitrogens with one attached hydrogen (secondary N) is 1. The van der Waals surface area contributed by atoms with Crippen LogP contribution in [0.5, 0.6) is 0 Å². The molecule has 0 aliphatic heterocycles. The van der Waals surface area contributed by atoms with Gasteiger partial charge in [0.2, 0.25) is 5.91 Å². The maximum atomic E-state index is 12.9. The van der Waals surface area contributed by atoms with E-state index in [0.29, 0.717) is 23.9 Å². The first-order chi connectivity index (χ1) is 30.5. The van der Waals surface area contributed by atoms with Crippen molar-refractivity contribution in [3.05, 3.63) is 97.2 Å². The molecule has 362 valence electrons. The Bertz CT molecular complexity index is 1340. The van der Waals surface area contributed by atoms with Gasteiger partial charge in [0.1, 0.15) is 13.2 Å². The van der Waals surface area contributed by atoms with Crippen LogP contribution in [0.2, 0.25) is 0 Å². The number of aliphatic hydroxyl groups is 1. The van der Waals surface area contributed by atoms with Crippen LogP contribution in [0, 0.1) is 0 Å². The molecule has 8 nitrogen and oxygen atoms in total. The molecule has 2 N–H and O–H groups in total. The number of rotatable bonds is 44. The zero-order chi connectivity index (χ0) is 46.4. The summed E-state index contributed by atoms with van der Waals surface area (Å²) in [5.74, 6) is -0.233. The molecule has 0 spiro atoms. The van der Waals surface area contributed by atoms with Crippen molar-refractivity contribution in [1.29, 1.82) is 0 Å². The number of phosphoric acid groups is 1. The summed E-state index contributed by atoms with van der Waals surface area (Å²) < 4.78 is 23.2. The molecule has 0 saturated carbocycles. The molecule has 9 heteroatoms. The van der Waals surface area contributed by atoms with E-state index >= 15 is 0 Å². The number of nitrogens with zero attached hydrogens (tertiary/aromatic N) is 1. The van der Waals surface area contributed by atoms with Gasteiger partial charge in [-0.3, -0.25) is 9.36 Å². The number of quaternary nitrogens is 1. The highest BCUT2D eigenvalue weighted by Crippen LogP contribution is 2.38. The SMILES string of the molecule is CC/C=C\C/C=C\C/C=C\C/C=C\C/C=C\C/C=C\C/C=C\CCCCCC(=O)NC(COP(=O)([O-])OCC[N+](C)(C)C)C(O)/C=C/CCCCCCCCCCCCCCCC. The van der Waals surface area contributed by atoms with Gasteiger partial charge < -0.3 is 28.8 Å². The van der Waals surface area contributed by atoms with Crippen LogP contribution in [0.15, 0.2) is 97.2 Å². The number of unbranched alkanes of at least 4 members (excludes halogenated alkanes) is 17. The number of carbonyl (C=O) groups is 1. The van der Waals surface area contributed by atoms with E-state index in [-0.39, 0.29) is 12.5 Å². The predicted molar refractivity (Wildman–Crippen MR) is 269 cm³/mol. The highest BCUT2D eigenvalue weighted by Gasteiger charge is 2.23. The third-order valence-corrected chi connectivity index (χ3v) is 11.5. The van der Waals surface area contributed by atoms with E-state index in [1.165, 1.54) is 77.0 Å². The number of allylic oxidation sites excluding steroid dienone is 15. The van der Waals surface area contributed by atoms with Crippen molar-refractivity contribution in [1.82, 2.24) is 5.32 Å². The Kier molecular flexibility index (Phi) is 42.8. The van der Waals surface area contributed by atoms with Crippen molar-refractivity contribution in [2.45, 2.75) is 199 Å². The normalized spacial score (nSPS) is 15.0. The van der Waals surface area contributed by atoms with Gasteiger partial charge in [-0.05, 0) is 77.0 Å². The summed E-state index contributed by atoms with van der Waals surface area (Å²) in [7, 11) is 1.22. The summed E-state index contributed by atoms with van der Waals surface area (Å²) in [5, 5.41) is 13.8. The molecule has 0 rings (SSSR count). The lowest BCUT2D eigenvalue weighted by molar-refractivity contribution is -0.870. The maximum absolute atomic E-state index is 12.9. The van der Waals surface area contributed by atoms with Crippen LogP contribution in [0.1, 0.15) is 187 Å². The monoisotopic (exact) mass is 899 g/mol. The van der Waals surface area contributed by atoms with Crippen LogP contribution in [0.3, 0.4) is 0 Å². The standard InChI is InChI=1S/C54H95N2O6P/c1-6-8-10-12-14-16-18-20-22-24-25-26-27-28-29-30-31-32-34-36-38-40-42-44-46-48-54(58)55-52(51-62-63(59,60)61-50-49-56(3,4)5)53(57)47-45-43-41-39-37-35-33-23-21-19-17-15-13-11-9-7-2/h8,10,14,16,20,22,25-26,28-29,31-32,36,38,45,47,52-53,57H,6-7,9,11-13,15,17-19,21,23-24,27,30,33-35,37,39-44,46,48-51H2,1-5H3,(H-,55,58,59,60)/b10-8-,16-14-,22-20-,26-25-,29-28-,32-31-,38-36-,47-45+. The first-order valence-electron chi connectivity index (χ1n) is 25.1. The van der Waals surface area contributed by atoms with E-state index < -0.39 is 26.6 Å². The number of aliphatic hydroxyl groups excluding tert-OH is 1. The lowest BCUT2D eigenvalue weighted by atomic mass is 10.0. The van der Waals surface area contributed by atoms with E-state index in [9.17, 15) is 19.4 Å². The number of carbonyl (C=O) groups excluding carboxylic acids is 1. The maximum Gasteiger partial charge on any atom is 0.268 e. The van der Waals surface area contributed by atoms with Crippen LogP contribution in [0.4, 0.5) is 0 Å². The first-order valence-corrected chi connectivity index (χ1v) is 26.6. The number of hydrogen-bond donors (Lipinski definition) is 2. The number of amides is 1. The average Bonchev–Trinajstić information content (AvgIpc) is 3.24. The van der Waals surface area contributed by atoms with Crippen molar-refractivity contribution in [2.75, 3.05) is 40.9 Å². The first kappa shape index (κ1) is 60.4. The highest BCUT2D eigenvalue weighted by atomic mass is 31.2. The van der Waals surface area contributed by atoms with E-state index in [4.69, 9.17) is 9.05 Å². The molecule has 0 aromatic heterocycles. The molecule has 0 aliphatic rings. The lowest BCUT2D eigenvalue weighted by Gasteiger charge is -2.29. The smallest absolute Gasteiger partial charge is 0.268 e. The second-order valence-electron chi connectivity index (χ2n) is 17.8. The van der Waals surface area contributed by atoms with Crippen molar-refractivity contribution in [2.24, 2.45) is 0 Å². The molecule has 0 saturated heterocycles. The second kappa shape index (κ2) is 44.6. The Labute approximate surface area is 388 Å². The van der Waals surface area contributed by atoms with E-state index in [1.807, 2.05) is 27.2 Å². The molecule has 63 heavy (non-hydrogen) atoms. The highest BCUT2D eigenvalue weighted by molar-refractivity contribution is 7.45. The summed E-state index contributed by atoms with van der Waals surface area (Å²) >= 11 is 0. The van der Waals surface area contributed by atoms with E-state index in [0.717, 1.165) is 83.5 Å². The Morgan fingerprint density at radius 1 is 0.571 bits per heavy atom. The van der Waals surface area contributed by atoms with Crippen molar-refractivity contribution < 1.29 is 32.9 Å². The summed E-state index contributed by atoms with van der Waals surface area (Å²) in [5.41, 5.74) is 0. The molecule has 0 fully saturated rings. The fraction of sp³-hybridized carbons (Fsp3) is 0.685. The Balaban J connectivity index is 4.43. The largest absolute Gasteiger partial charge is 0.756 e. The number of phosphoric ester groups is 1. The summed E-state index contributed by atoms with van der Waals surface area (Å²) in [6, 6.07) is -0.911. The van der Waals surface area contributed by atoms with Crippen LogP contribution < -0.4 is 10.2 Å². The zero-order valence-corrected chi connectivity index (χ0v) is 41.9. The third kappa shape index (κ3) is 47.2. The molecular formula is C54H95N2O6P. The van der Waals surface area contributed by atoms with Gasteiger partial charge in [0.25, 0.3) is 7.82 Å². The van der Waals surface area contributed by atoms with Gasteiger partial charge >= 0.3 is 0 Å². The Morgan fingerprint density at radius 2 is 0.968 bits per heavy atom. The second-order valence-corrected chi connectivity index (χ2v) is 19.2.